The van der Waals surface area contributed by atoms with Crippen molar-refractivity contribution in [1.82, 2.24) is 15.0 Å². The normalized spacial score (nSPS) is 11.8. The van der Waals surface area contributed by atoms with Gasteiger partial charge in [-0.15, -0.1) is 5.10 Å². The zero-order chi connectivity index (χ0) is 19.2. The van der Waals surface area contributed by atoms with Gasteiger partial charge in [0.05, 0.1) is 6.67 Å². The third-order valence-corrected chi connectivity index (χ3v) is 4.02. The maximum Gasteiger partial charge on any atom is 0.413 e. The third kappa shape index (κ3) is 4.41. The fourth-order valence-corrected chi connectivity index (χ4v) is 2.65. The highest BCUT2D eigenvalue weighted by molar-refractivity contribution is 5.88. The molecule has 1 atom stereocenters. The summed E-state index contributed by atoms with van der Waals surface area (Å²) in [6, 6.07) is 16.1. The van der Waals surface area contributed by atoms with Crippen molar-refractivity contribution < 1.29 is 13.9 Å². The van der Waals surface area contributed by atoms with Gasteiger partial charge in [-0.2, -0.15) is 0 Å². The molecule has 0 spiro atoms. The Kier molecular flexibility index (Phi) is 5.65. The number of ether oxygens (including phenoxy) is 1. The van der Waals surface area contributed by atoms with Crippen LogP contribution in [0.3, 0.4) is 0 Å². The van der Waals surface area contributed by atoms with E-state index in [1.807, 2.05) is 18.2 Å². The van der Waals surface area contributed by atoms with Gasteiger partial charge in [0.1, 0.15) is 11.8 Å². The predicted octanol–water partition coefficient (Wildman–Crippen LogP) is 3.71. The van der Waals surface area contributed by atoms with Crippen LogP contribution >= 0.6 is 0 Å². The van der Waals surface area contributed by atoms with Crippen molar-refractivity contribution in [2.45, 2.75) is 12.5 Å². The number of hydrogen-bond donors (Lipinski definition) is 2. The van der Waals surface area contributed by atoms with E-state index in [4.69, 9.17) is 10.5 Å². The quantitative estimate of drug-likeness (QED) is 0.646. The van der Waals surface area contributed by atoms with Crippen molar-refractivity contribution in [2.24, 2.45) is 7.05 Å². The van der Waals surface area contributed by atoms with Crippen LogP contribution in [0.2, 0.25) is 0 Å². The van der Waals surface area contributed by atoms with Gasteiger partial charge in [-0.1, -0.05) is 47.7 Å². The molecule has 0 aliphatic carbocycles. The topological polar surface area (TPSA) is 95.1 Å². The smallest absolute Gasteiger partial charge is 0.413 e. The van der Waals surface area contributed by atoms with E-state index >= 15 is 0 Å². The van der Waals surface area contributed by atoms with Crippen LogP contribution in [0, 0.1) is 0 Å². The largest absolute Gasteiger partial charge is 0.441 e. The van der Waals surface area contributed by atoms with Crippen molar-refractivity contribution >= 4 is 17.6 Å². The summed E-state index contributed by atoms with van der Waals surface area (Å²) in [5.41, 5.74) is 8.28. The van der Waals surface area contributed by atoms with Gasteiger partial charge in [0, 0.05) is 24.7 Å². The van der Waals surface area contributed by atoms with E-state index in [1.54, 1.807) is 43.4 Å². The summed E-state index contributed by atoms with van der Waals surface area (Å²) >= 11 is 0. The van der Waals surface area contributed by atoms with Gasteiger partial charge in [0.2, 0.25) is 0 Å². The Morgan fingerprint density at radius 3 is 2.59 bits per heavy atom. The lowest BCUT2D eigenvalue weighted by Gasteiger charge is -2.17. The van der Waals surface area contributed by atoms with E-state index in [1.165, 1.54) is 4.68 Å². The number of nitrogens with two attached hydrogens (primary N) is 1. The number of aromatic nitrogens is 3. The van der Waals surface area contributed by atoms with E-state index in [9.17, 15) is 9.18 Å². The number of nitrogens with one attached hydrogen (secondary N) is 1. The number of halogens is 1. The summed E-state index contributed by atoms with van der Waals surface area (Å²) in [4.78, 5) is 12.4. The first-order valence-corrected chi connectivity index (χ1v) is 8.42. The standard InChI is InChI=1S/C19H20FN5O2/c1-25-18(17(23-24-25)14-7-9-15(21)10-8-14)22-19(26)27-16(11-12-20)13-5-3-2-4-6-13/h2-10,16H,11-12,21H2,1H3,(H,22,26)/t16-/m1/s1. The van der Waals surface area contributed by atoms with E-state index in [0.29, 0.717) is 17.2 Å². The zero-order valence-electron chi connectivity index (χ0n) is 14.8. The van der Waals surface area contributed by atoms with Gasteiger partial charge in [-0.05, 0) is 17.7 Å². The third-order valence-electron chi connectivity index (χ3n) is 4.02. The molecule has 0 saturated carbocycles. The van der Waals surface area contributed by atoms with Crippen LogP contribution in [0.15, 0.2) is 54.6 Å². The molecule has 0 aliphatic heterocycles. The molecule has 0 bridgehead atoms. The summed E-state index contributed by atoms with van der Waals surface area (Å²) < 4.78 is 19.8. The van der Waals surface area contributed by atoms with E-state index in [2.05, 4.69) is 15.6 Å². The molecule has 0 fully saturated rings. The lowest BCUT2D eigenvalue weighted by atomic mass is 10.1. The van der Waals surface area contributed by atoms with Crippen LogP contribution in [-0.2, 0) is 11.8 Å². The minimum absolute atomic E-state index is 0.0753. The predicted molar refractivity (Wildman–Crippen MR) is 101 cm³/mol. The first-order chi connectivity index (χ1) is 13.1. The highest BCUT2D eigenvalue weighted by Gasteiger charge is 2.20. The van der Waals surface area contributed by atoms with Gasteiger partial charge >= 0.3 is 6.09 Å². The van der Waals surface area contributed by atoms with Crippen LogP contribution in [0.1, 0.15) is 18.1 Å². The molecule has 1 heterocycles. The number of rotatable bonds is 6. The van der Waals surface area contributed by atoms with Crippen molar-refractivity contribution in [3.05, 3.63) is 60.2 Å². The number of amides is 1. The summed E-state index contributed by atoms with van der Waals surface area (Å²) in [5.74, 6) is 0.372. The molecule has 27 heavy (non-hydrogen) atoms. The highest BCUT2D eigenvalue weighted by Crippen LogP contribution is 2.27. The number of nitrogen functional groups attached to an aromatic ring is 1. The summed E-state index contributed by atoms with van der Waals surface area (Å²) in [6.07, 6.45) is -1.32. The number of nitrogens with zero attached hydrogens (tertiary/aromatic N) is 3. The lowest BCUT2D eigenvalue weighted by Crippen LogP contribution is -2.20. The molecule has 3 aromatic rings. The van der Waals surface area contributed by atoms with Crippen LogP contribution in [0.25, 0.3) is 11.3 Å². The molecule has 8 heteroatoms. The van der Waals surface area contributed by atoms with Crippen LogP contribution < -0.4 is 11.1 Å². The number of carbonyl (C=O) groups is 1. The Labute approximate surface area is 155 Å². The number of benzene rings is 2. The monoisotopic (exact) mass is 369 g/mol. The average Bonchev–Trinajstić information content (AvgIpc) is 3.03. The van der Waals surface area contributed by atoms with Crippen LogP contribution in [0.5, 0.6) is 0 Å². The van der Waals surface area contributed by atoms with Crippen LogP contribution in [-0.4, -0.2) is 27.8 Å². The Hall–Kier alpha value is -3.42. The fraction of sp³-hybridized carbons (Fsp3) is 0.211. The maximum absolute atomic E-state index is 12.9. The number of hydrogen-bond acceptors (Lipinski definition) is 5. The molecule has 0 unspecified atom stereocenters. The molecule has 1 amide bonds. The minimum Gasteiger partial charge on any atom is -0.441 e. The number of anilines is 2. The second kappa shape index (κ2) is 8.31. The number of alkyl halides is 1. The Bertz CT molecular complexity index is 896. The van der Waals surface area contributed by atoms with E-state index in [-0.39, 0.29) is 6.42 Å². The summed E-state index contributed by atoms with van der Waals surface area (Å²) in [5, 5.41) is 10.7. The molecule has 0 aliphatic rings. The van der Waals surface area contributed by atoms with Crippen molar-refractivity contribution in [3.8, 4) is 11.3 Å². The summed E-state index contributed by atoms with van der Waals surface area (Å²) in [6.45, 7) is -0.600. The van der Waals surface area contributed by atoms with Gasteiger partial charge in [0.15, 0.2) is 5.82 Å². The van der Waals surface area contributed by atoms with E-state index < -0.39 is 18.9 Å². The molecule has 3 N–H and O–H groups in total. The fourth-order valence-electron chi connectivity index (χ4n) is 2.65. The first-order valence-electron chi connectivity index (χ1n) is 8.42. The lowest BCUT2D eigenvalue weighted by molar-refractivity contribution is 0.100. The Morgan fingerprint density at radius 2 is 1.93 bits per heavy atom. The number of aryl methyl sites for hydroxylation is 1. The SMILES string of the molecule is Cn1nnc(-c2ccc(N)cc2)c1NC(=O)O[C@H](CCF)c1ccccc1. The molecule has 1 aromatic heterocycles. The van der Waals surface area contributed by atoms with Gasteiger partial charge in [0.25, 0.3) is 0 Å². The first kappa shape index (κ1) is 18.4. The average molecular weight is 369 g/mol. The molecular weight excluding hydrogens is 349 g/mol. The van der Waals surface area contributed by atoms with Gasteiger partial charge in [-0.3, -0.25) is 9.71 Å². The summed E-state index contributed by atoms with van der Waals surface area (Å²) in [7, 11) is 1.65. The minimum atomic E-state index is -0.709. The molecule has 0 radical (unpaired) electrons. The Balaban J connectivity index is 1.77. The molecular formula is C19H20FN5O2. The molecule has 0 saturated heterocycles. The molecule has 7 nitrogen and oxygen atoms in total. The second-order valence-corrected chi connectivity index (χ2v) is 5.94. The van der Waals surface area contributed by atoms with E-state index in [0.717, 1.165) is 11.1 Å². The maximum atomic E-state index is 12.9. The van der Waals surface area contributed by atoms with Gasteiger partial charge < -0.3 is 10.5 Å². The molecule has 140 valence electrons. The molecule has 3 rings (SSSR count). The zero-order valence-corrected chi connectivity index (χ0v) is 14.8. The second-order valence-electron chi connectivity index (χ2n) is 5.94. The van der Waals surface area contributed by atoms with Crippen molar-refractivity contribution in [1.29, 1.82) is 0 Å². The van der Waals surface area contributed by atoms with Crippen molar-refractivity contribution in [2.75, 3.05) is 17.7 Å². The number of carbonyl (C=O) groups excluding carboxylic acids is 1. The van der Waals surface area contributed by atoms with Gasteiger partial charge in [-0.25, -0.2) is 9.48 Å². The Morgan fingerprint density at radius 1 is 1.22 bits per heavy atom. The highest BCUT2D eigenvalue weighted by atomic mass is 19.1. The van der Waals surface area contributed by atoms with Crippen molar-refractivity contribution in [3.63, 3.8) is 0 Å². The molecule has 2 aromatic carbocycles. The van der Waals surface area contributed by atoms with Crippen LogP contribution in [0.4, 0.5) is 20.7 Å².